The van der Waals surface area contributed by atoms with Crippen molar-refractivity contribution in [2.24, 2.45) is 17.1 Å². The molecular weight excluding hydrogens is 230 g/mol. The second kappa shape index (κ2) is 6.02. The lowest BCUT2D eigenvalue weighted by Crippen LogP contribution is -2.46. The van der Waals surface area contributed by atoms with E-state index < -0.39 is 5.41 Å². The Bertz CT molecular complexity index is 281. The number of nitrogens with two attached hydrogens (primary N) is 1. The lowest BCUT2D eigenvalue weighted by atomic mass is 9.79. The SMILES string of the molecule is COC(=O)C(C)(C)COC1(CN)CCC(C)CC1. The molecule has 0 heterocycles. The Hall–Kier alpha value is -0.610. The number of rotatable bonds is 5. The topological polar surface area (TPSA) is 61.5 Å². The second-order valence-corrected chi connectivity index (χ2v) is 6.23. The number of methoxy groups -OCH3 is 1. The van der Waals surface area contributed by atoms with E-state index in [2.05, 4.69) is 6.92 Å². The summed E-state index contributed by atoms with van der Waals surface area (Å²) < 4.78 is 10.8. The van der Waals surface area contributed by atoms with Gasteiger partial charge in [-0.3, -0.25) is 4.79 Å². The van der Waals surface area contributed by atoms with E-state index in [0.717, 1.165) is 31.6 Å². The summed E-state index contributed by atoms with van der Waals surface area (Å²) in [5.74, 6) is 0.515. The monoisotopic (exact) mass is 257 g/mol. The summed E-state index contributed by atoms with van der Waals surface area (Å²) in [6.45, 7) is 6.84. The Morgan fingerprint density at radius 1 is 1.39 bits per heavy atom. The molecule has 1 aliphatic rings. The van der Waals surface area contributed by atoms with Crippen molar-refractivity contribution in [2.45, 2.75) is 52.1 Å². The van der Waals surface area contributed by atoms with Crippen molar-refractivity contribution in [3.05, 3.63) is 0 Å². The lowest BCUT2D eigenvalue weighted by molar-refractivity contribution is -0.161. The molecule has 1 fully saturated rings. The quantitative estimate of drug-likeness (QED) is 0.766. The molecule has 18 heavy (non-hydrogen) atoms. The van der Waals surface area contributed by atoms with E-state index in [9.17, 15) is 4.79 Å². The smallest absolute Gasteiger partial charge is 0.313 e. The van der Waals surface area contributed by atoms with Crippen molar-refractivity contribution in [1.82, 2.24) is 0 Å². The van der Waals surface area contributed by atoms with E-state index in [-0.39, 0.29) is 11.6 Å². The highest BCUT2D eigenvalue weighted by molar-refractivity contribution is 5.75. The maximum atomic E-state index is 11.6. The van der Waals surface area contributed by atoms with Crippen molar-refractivity contribution in [3.8, 4) is 0 Å². The summed E-state index contributed by atoms with van der Waals surface area (Å²) in [6, 6.07) is 0. The van der Waals surface area contributed by atoms with Gasteiger partial charge in [0, 0.05) is 6.54 Å². The normalized spacial score (nSPS) is 29.1. The zero-order chi connectivity index (χ0) is 13.8. The molecule has 0 aliphatic heterocycles. The zero-order valence-electron chi connectivity index (χ0n) is 12.1. The third kappa shape index (κ3) is 3.69. The van der Waals surface area contributed by atoms with E-state index >= 15 is 0 Å². The minimum absolute atomic E-state index is 0.237. The highest BCUT2D eigenvalue weighted by Crippen LogP contribution is 2.35. The Morgan fingerprint density at radius 2 is 1.94 bits per heavy atom. The molecule has 0 radical (unpaired) electrons. The average Bonchev–Trinajstić information content (AvgIpc) is 2.38. The van der Waals surface area contributed by atoms with E-state index in [4.69, 9.17) is 15.2 Å². The van der Waals surface area contributed by atoms with Crippen LogP contribution in [0.25, 0.3) is 0 Å². The van der Waals surface area contributed by atoms with E-state index in [1.54, 1.807) is 0 Å². The number of carbonyl (C=O) groups is 1. The van der Waals surface area contributed by atoms with Gasteiger partial charge in [0.2, 0.25) is 0 Å². The summed E-state index contributed by atoms with van der Waals surface area (Å²) >= 11 is 0. The first-order valence-corrected chi connectivity index (χ1v) is 6.78. The summed E-state index contributed by atoms with van der Waals surface area (Å²) in [5, 5.41) is 0. The molecule has 0 saturated heterocycles. The number of carbonyl (C=O) groups excluding carboxylic acids is 1. The Morgan fingerprint density at radius 3 is 2.39 bits per heavy atom. The van der Waals surface area contributed by atoms with Gasteiger partial charge in [0.05, 0.1) is 24.7 Å². The molecule has 0 aromatic carbocycles. The van der Waals surface area contributed by atoms with Gasteiger partial charge in [-0.2, -0.15) is 0 Å². The molecule has 1 aliphatic carbocycles. The molecule has 106 valence electrons. The summed E-state index contributed by atoms with van der Waals surface area (Å²) in [6.07, 6.45) is 4.27. The maximum Gasteiger partial charge on any atom is 0.313 e. The second-order valence-electron chi connectivity index (χ2n) is 6.23. The van der Waals surface area contributed by atoms with E-state index in [1.165, 1.54) is 7.11 Å². The van der Waals surface area contributed by atoms with Crippen LogP contribution in [0.2, 0.25) is 0 Å². The highest BCUT2D eigenvalue weighted by atomic mass is 16.5. The molecule has 0 amide bonds. The van der Waals surface area contributed by atoms with Crippen molar-refractivity contribution in [2.75, 3.05) is 20.3 Å². The van der Waals surface area contributed by atoms with Gasteiger partial charge in [-0.1, -0.05) is 6.92 Å². The summed E-state index contributed by atoms with van der Waals surface area (Å²) in [7, 11) is 1.41. The van der Waals surface area contributed by atoms with Gasteiger partial charge in [0.25, 0.3) is 0 Å². The van der Waals surface area contributed by atoms with Gasteiger partial charge in [0.1, 0.15) is 0 Å². The molecule has 1 rings (SSSR count). The predicted octanol–water partition coefficient (Wildman–Crippen LogP) is 2.11. The van der Waals surface area contributed by atoms with Crippen molar-refractivity contribution < 1.29 is 14.3 Å². The van der Waals surface area contributed by atoms with Crippen LogP contribution in [-0.2, 0) is 14.3 Å². The number of ether oxygens (including phenoxy) is 2. The lowest BCUT2D eigenvalue weighted by Gasteiger charge is -2.40. The molecule has 0 aromatic heterocycles. The van der Waals surface area contributed by atoms with Gasteiger partial charge in [-0.25, -0.2) is 0 Å². The molecule has 4 nitrogen and oxygen atoms in total. The third-order valence-electron chi connectivity index (χ3n) is 4.03. The minimum atomic E-state index is -0.611. The van der Waals surface area contributed by atoms with Gasteiger partial charge in [0.15, 0.2) is 0 Å². The predicted molar refractivity (Wildman–Crippen MR) is 71.2 cm³/mol. The first-order chi connectivity index (χ1) is 8.35. The van der Waals surface area contributed by atoms with Gasteiger partial charge >= 0.3 is 5.97 Å². The number of esters is 1. The van der Waals surface area contributed by atoms with Crippen LogP contribution in [0.4, 0.5) is 0 Å². The largest absolute Gasteiger partial charge is 0.469 e. The van der Waals surface area contributed by atoms with Crippen LogP contribution in [0.3, 0.4) is 0 Å². The van der Waals surface area contributed by atoms with Crippen molar-refractivity contribution in [3.63, 3.8) is 0 Å². The number of hydrogen-bond donors (Lipinski definition) is 1. The van der Waals surface area contributed by atoms with Crippen LogP contribution in [0.5, 0.6) is 0 Å². The molecule has 0 atom stereocenters. The van der Waals surface area contributed by atoms with Gasteiger partial charge < -0.3 is 15.2 Å². The minimum Gasteiger partial charge on any atom is -0.469 e. The first-order valence-electron chi connectivity index (χ1n) is 6.78. The van der Waals surface area contributed by atoms with Crippen molar-refractivity contribution >= 4 is 5.97 Å². The molecule has 2 N–H and O–H groups in total. The third-order valence-corrected chi connectivity index (χ3v) is 4.03. The molecule has 0 unspecified atom stereocenters. The average molecular weight is 257 g/mol. The fourth-order valence-electron chi connectivity index (χ4n) is 2.36. The zero-order valence-corrected chi connectivity index (χ0v) is 12.1. The van der Waals surface area contributed by atoms with Crippen LogP contribution in [0.15, 0.2) is 0 Å². The maximum absolute atomic E-state index is 11.6. The van der Waals surface area contributed by atoms with Crippen LogP contribution in [0, 0.1) is 11.3 Å². The van der Waals surface area contributed by atoms with Gasteiger partial charge in [-0.05, 0) is 45.4 Å². The summed E-state index contributed by atoms with van der Waals surface area (Å²) in [5.41, 5.74) is 5.03. The Labute approximate surface area is 110 Å². The Kier molecular flexibility index (Phi) is 5.17. The number of hydrogen-bond acceptors (Lipinski definition) is 4. The van der Waals surface area contributed by atoms with Crippen LogP contribution < -0.4 is 5.73 Å². The van der Waals surface area contributed by atoms with E-state index in [0.29, 0.717) is 13.2 Å². The first kappa shape index (κ1) is 15.4. The molecule has 0 spiro atoms. The molecule has 0 aromatic rings. The van der Waals surface area contributed by atoms with Crippen LogP contribution in [0.1, 0.15) is 46.5 Å². The fraction of sp³-hybridized carbons (Fsp3) is 0.929. The van der Waals surface area contributed by atoms with Crippen LogP contribution >= 0.6 is 0 Å². The molecule has 4 heteroatoms. The fourth-order valence-corrected chi connectivity index (χ4v) is 2.36. The molecule has 1 saturated carbocycles. The molecular formula is C14H27NO3. The Balaban J connectivity index is 2.57. The molecule has 0 bridgehead atoms. The highest BCUT2D eigenvalue weighted by Gasteiger charge is 2.37. The van der Waals surface area contributed by atoms with Gasteiger partial charge in [-0.15, -0.1) is 0 Å². The van der Waals surface area contributed by atoms with E-state index in [1.807, 2.05) is 13.8 Å². The van der Waals surface area contributed by atoms with Crippen LogP contribution in [-0.4, -0.2) is 31.8 Å². The van der Waals surface area contributed by atoms with Crippen molar-refractivity contribution in [1.29, 1.82) is 0 Å². The standard InChI is InChI=1S/C14H27NO3/c1-11-5-7-14(9-15,8-6-11)18-10-13(2,3)12(16)17-4/h11H,5-10,15H2,1-4H3. The summed E-state index contributed by atoms with van der Waals surface area (Å²) in [4.78, 5) is 11.6.